The summed E-state index contributed by atoms with van der Waals surface area (Å²) in [5.41, 5.74) is 0.572. The van der Waals surface area contributed by atoms with Crippen LogP contribution < -0.4 is 15.5 Å². The van der Waals surface area contributed by atoms with Crippen LogP contribution >= 0.6 is 12.4 Å². The van der Waals surface area contributed by atoms with Crippen molar-refractivity contribution in [1.82, 2.24) is 15.3 Å². The molecule has 0 saturated carbocycles. The minimum Gasteiger partial charge on any atom is -0.354 e. The molecule has 1 saturated heterocycles. The van der Waals surface area contributed by atoms with Crippen LogP contribution in [0.15, 0.2) is 24.3 Å². The molecule has 1 amide bonds. The molecule has 2 heterocycles. The molecule has 1 aromatic carbocycles. The Morgan fingerprint density at radius 2 is 2.13 bits per heavy atom. The van der Waals surface area contributed by atoms with Gasteiger partial charge in [0.2, 0.25) is 17.7 Å². The summed E-state index contributed by atoms with van der Waals surface area (Å²) in [6.45, 7) is 4.99. The van der Waals surface area contributed by atoms with E-state index in [9.17, 15) is 19.3 Å². The molecule has 2 N–H and O–H groups in total. The van der Waals surface area contributed by atoms with Gasteiger partial charge in [-0.05, 0) is 31.4 Å². The second-order valence-electron chi connectivity index (χ2n) is 7.33. The highest BCUT2D eigenvalue weighted by Crippen LogP contribution is 2.26. The van der Waals surface area contributed by atoms with Gasteiger partial charge < -0.3 is 15.5 Å². The van der Waals surface area contributed by atoms with Crippen molar-refractivity contribution in [3.63, 3.8) is 0 Å². The average molecular weight is 453 g/mol. The van der Waals surface area contributed by atoms with Gasteiger partial charge in [-0.2, -0.15) is 9.37 Å². The SMILES string of the molecule is CCCCc1cc(N2CC[C@H](NC(C)=O)C2)nc(Nc2ccc(F)c([N+](=O)[O-])c2)n1.Cl. The molecule has 1 aliphatic heterocycles. The Hall–Kier alpha value is -3.01. The molecular weight excluding hydrogens is 427 g/mol. The number of nitrogens with one attached hydrogen (secondary N) is 2. The van der Waals surface area contributed by atoms with Gasteiger partial charge in [-0.3, -0.25) is 14.9 Å². The first kappa shape index (κ1) is 24.3. The van der Waals surface area contributed by atoms with Crippen molar-refractivity contribution < 1.29 is 14.1 Å². The van der Waals surface area contributed by atoms with Gasteiger partial charge in [0.25, 0.3) is 0 Å². The zero-order valence-electron chi connectivity index (χ0n) is 17.4. The van der Waals surface area contributed by atoms with E-state index >= 15 is 0 Å². The molecule has 1 aromatic heterocycles. The Morgan fingerprint density at radius 3 is 2.81 bits per heavy atom. The first-order chi connectivity index (χ1) is 14.4. The summed E-state index contributed by atoms with van der Waals surface area (Å²) in [4.78, 5) is 32.7. The third-order valence-electron chi connectivity index (χ3n) is 4.87. The summed E-state index contributed by atoms with van der Waals surface area (Å²) in [5.74, 6) is 0.0592. The molecule has 1 aliphatic rings. The molecule has 11 heteroatoms. The molecule has 0 bridgehead atoms. The van der Waals surface area contributed by atoms with Crippen LogP contribution in [0.5, 0.6) is 0 Å². The number of hydrogen-bond acceptors (Lipinski definition) is 7. The number of hydrogen-bond donors (Lipinski definition) is 2. The molecule has 0 unspecified atom stereocenters. The summed E-state index contributed by atoms with van der Waals surface area (Å²) >= 11 is 0. The van der Waals surface area contributed by atoms with Gasteiger partial charge in [0.05, 0.1) is 4.92 Å². The van der Waals surface area contributed by atoms with E-state index < -0.39 is 16.4 Å². The average Bonchev–Trinajstić information content (AvgIpc) is 3.15. The van der Waals surface area contributed by atoms with Gasteiger partial charge in [0.1, 0.15) is 5.82 Å². The number of aryl methyl sites for hydroxylation is 1. The van der Waals surface area contributed by atoms with Crippen LogP contribution in [-0.2, 0) is 11.2 Å². The van der Waals surface area contributed by atoms with Gasteiger partial charge in [-0.15, -0.1) is 12.4 Å². The Labute approximate surface area is 186 Å². The normalized spacial score (nSPS) is 15.3. The van der Waals surface area contributed by atoms with Crippen LogP contribution in [0.2, 0.25) is 0 Å². The summed E-state index contributed by atoms with van der Waals surface area (Å²) < 4.78 is 13.6. The van der Waals surface area contributed by atoms with Crippen molar-refractivity contribution in [3.05, 3.63) is 45.9 Å². The van der Waals surface area contributed by atoms with Crippen molar-refractivity contribution in [2.75, 3.05) is 23.3 Å². The fourth-order valence-electron chi connectivity index (χ4n) is 3.42. The van der Waals surface area contributed by atoms with Crippen molar-refractivity contribution in [2.45, 2.75) is 45.6 Å². The molecular formula is C20H26ClFN6O3. The second kappa shape index (κ2) is 10.9. The van der Waals surface area contributed by atoms with Crippen LogP contribution in [-0.4, -0.2) is 39.9 Å². The zero-order chi connectivity index (χ0) is 21.7. The molecule has 1 atom stereocenters. The van der Waals surface area contributed by atoms with Crippen molar-refractivity contribution >= 4 is 41.5 Å². The maximum atomic E-state index is 13.6. The number of nitrogens with zero attached hydrogens (tertiary/aromatic N) is 4. The highest BCUT2D eigenvalue weighted by molar-refractivity contribution is 5.85. The molecule has 9 nitrogen and oxygen atoms in total. The molecule has 1 fully saturated rings. The van der Waals surface area contributed by atoms with E-state index in [0.717, 1.165) is 55.9 Å². The lowest BCUT2D eigenvalue weighted by molar-refractivity contribution is -0.387. The van der Waals surface area contributed by atoms with E-state index in [1.807, 2.05) is 6.07 Å². The monoisotopic (exact) mass is 452 g/mol. The lowest BCUT2D eigenvalue weighted by Gasteiger charge is -2.19. The molecule has 0 radical (unpaired) electrons. The fraction of sp³-hybridized carbons (Fsp3) is 0.450. The number of amides is 1. The summed E-state index contributed by atoms with van der Waals surface area (Å²) in [7, 11) is 0. The predicted octanol–water partition coefficient (Wildman–Crippen LogP) is 3.75. The van der Waals surface area contributed by atoms with Crippen LogP contribution in [0.3, 0.4) is 0 Å². The summed E-state index contributed by atoms with van der Waals surface area (Å²) in [6, 6.07) is 5.57. The number of unbranched alkanes of at least 4 members (excludes halogenated alkanes) is 1. The number of benzene rings is 1. The molecule has 168 valence electrons. The van der Waals surface area contributed by atoms with Crippen LogP contribution in [0.1, 0.15) is 38.8 Å². The minimum absolute atomic E-state index is 0. The van der Waals surface area contributed by atoms with Gasteiger partial charge >= 0.3 is 5.69 Å². The lowest BCUT2D eigenvalue weighted by Crippen LogP contribution is -2.35. The number of carbonyl (C=O) groups excluding carboxylic acids is 1. The molecule has 31 heavy (non-hydrogen) atoms. The second-order valence-corrected chi connectivity index (χ2v) is 7.33. The van der Waals surface area contributed by atoms with E-state index in [2.05, 4.69) is 32.4 Å². The maximum Gasteiger partial charge on any atom is 0.306 e. The third-order valence-corrected chi connectivity index (χ3v) is 4.87. The van der Waals surface area contributed by atoms with Crippen molar-refractivity contribution in [3.8, 4) is 0 Å². The van der Waals surface area contributed by atoms with Gasteiger partial charge in [0.15, 0.2) is 0 Å². The van der Waals surface area contributed by atoms with Gasteiger partial charge in [-0.1, -0.05) is 13.3 Å². The highest BCUT2D eigenvalue weighted by Gasteiger charge is 2.25. The highest BCUT2D eigenvalue weighted by atomic mass is 35.5. The number of aromatic nitrogens is 2. The van der Waals surface area contributed by atoms with Crippen molar-refractivity contribution in [2.24, 2.45) is 0 Å². The standard InChI is InChI=1S/C20H25FN6O3.ClH/c1-3-4-5-14-11-19(26-9-8-16(12-26)22-13(2)28)25-20(23-14)24-15-6-7-17(21)18(10-15)27(29)30;/h6-7,10-11,16H,3-5,8-9,12H2,1-2H3,(H,22,28)(H,23,24,25);1H/t16-;/m0./s1. The Bertz CT molecular complexity index is 945. The van der Waals surface area contributed by atoms with Crippen LogP contribution in [0.25, 0.3) is 0 Å². The Kier molecular flexibility index (Phi) is 8.49. The van der Waals surface area contributed by atoms with E-state index in [1.54, 1.807) is 0 Å². The number of halogens is 2. The molecule has 0 spiro atoms. The van der Waals surface area contributed by atoms with E-state index in [4.69, 9.17) is 0 Å². The molecule has 2 aromatic rings. The van der Waals surface area contributed by atoms with E-state index in [0.29, 0.717) is 18.2 Å². The van der Waals surface area contributed by atoms with Crippen LogP contribution in [0, 0.1) is 15.9 Å². The number of anilines is 3. The quantitative estimate of drug-likeness (QED) is 0.463. The van der Waals surface area contributed by atoms with Gasteiger partial charge in [0, 0.05) is 49.6 Å². The first-order valence-electron chi connectivity index (χ1n) is 9.96. The van der Waals surface area contributed by atoms with E-state index in [1.165, 1.54) is 13.0 Å². The largest absolute Gasteiger partial charge is 0.354 e. The number of carbonyl (C=O) groups is 1. The van der Waals surface area contributed by atoms with E-state index in [-0.39, 0.29) is 24.4 Å². The minimum atomic E-state index is -0.898. The molecule has 3 rings (SSSR count). The predicted molar refractivity (Wildman–Crippen MR) is 119 cm³/mol. The first-order valence-corrected chi connectivity index (χ1v) is 9.96. The van der Waals surface area contributed by atoms with Crippen molar-refractivity contribution in [1.29, 1.82) is 0 Å². The Morgan fingerprint density at radius 1 is 1.35 bits per heavy atom. The summed E-state index contributed by atoms with van der Waals surface area (Å²) in [5, 5.41) is 16.9. The molecule has 0 aliphatic carbocycles. The zero-order valence-corrected chi connectivity index (χ0v) is 18.2. The maximum absolute atomic E-state index is 13.6. The van der Waals surface area contributed by atoms with Crippen LogP contribution in [0.4, 0.5) is 27.5 Å². The number of nitro benzene ring substituents is 1. The summed E-state index contributed by atoms with van der Waals surface area (Å²) in [6.07, 6.45) is 3.57. The number of rotatable bonds is 8. The number of nitro groups is 1. The topological polar surface area (TPSA) is 113 Å². The third kappa shape index (κ3) is 6.48. The Balaban J connectivity index is 0.00000341. The van der Waals surface area contributed by atoms with Gasteiger partial charge in [-0.25, -0.2) is 4.98 Å². The smallest absolute Gasteiger partial charge is 0.306 e. The lowest BCUT2D eigenvalue weighted by atomic mass is 10.2. The fourth-order valence-corrected chi connectivity index (χ4v) is 3.42.